The Morgan fingerprint density at radius 3 is 2.84 bits per heavy atom. The molecule has 0 aliphatic heterocycles. The number of methoxy groups -OCH3 is 2. The first kappa shape index (κ1) is 17.4. The van der Waals surface area contributed by atoms with Crippen molar-refractivity contribution in [1.82, 2.24) is 29.5 Å². The number of hydrogen-bond donors (Lipinski definition) is 0. The van der Waals surface area contributed by atoms with Gasteiger partial charge in [-0.3, -0.25) is 14.2 Å². The van der Waals surface area contributed by atoms with Crippen molar-refractivity contribution in [3.8, 4) is 17.3 Å². The van der Waals surface area contributed by atoms with E-state index in [4.69, 9.17) is 9.47 Å². The summed E-state index contributed by atoms with van der Waals surface area (Å²) in [6.45, 7) is 1.21. The van der Waals surface area contributed by atoms with Crippen LogP contribution in [-0.2, 0) is 24.1 Å². The maximum absolute atomic E-state index is 5.36. The lowest BCUT2D eigenvalue weighted by Crippen LogP contribution is -2.07. The van der Waals surface area contributed by atoms with E-state index in [1.54, 1.807) is 36.9 Å². The van der Waals surface area contributed by atoms with Crippen LogP contribution in [0.2, 0.25) is 0 Å². The molecule has 3 aromatic heterocycles. The Hall–Kier alpha value is -2.39. The van der Waals surface area contributed by atoms with E-state index < -0.39 is 0 Å². The van der Waals surface area contributed by atoms with Crippen molar-refractivity contribution in [1.29, 1.82) is 0 Å². The molecule has 0 atom stereocenters. The molecular formula is C16H20N6O2S. The summed E-state index contributed by atoms with van der Waals surface area (Å²) in [7, 11) is 5.12. The van der Waals surface area contributed by atoms with Crippen molar-refractivity contribution in [2.45, 2.75) is 17.5 Å². The zero-order valence-electron chi connectivity index (χ0n) is 14.4. The molecule has 25 heavy (non-hydrogen) atoms. The van der Waals surface area contributed by atoms with Crippen molar-refractivity contribution in [2.24, 2.45) is 7.05 Å². The van der Waals surface area contributed by atoms with Crippen LogP contribution < -0.4 is 4.74 Å². The van der Waals surface area contributed by atoms with Gasteiger partial charge in [0.2, 0.25) is 5.88 Å². The molecule has 3 heterocycles. The average molecular weight is 360 g/mol. The lowest BCUT2D eigenvalue weighted by Gasteiger charge is -2.09. The molecule has 9 heteroatoms. The summed E-state index contributed by atoms with van der Waals surface area (Å²) in [4.78, 5) is 4.14. The van der Waals surface area contributed by atoms with Crippen LogP contribution in [-0.4, -0.2) is 50.4 Å². The molecule has 0 aliphatic carbocycles. The third kappa shape index (κ3) is 3.99. The van der Waals surface area contributed by atoms with Gasteiger partial charge in [0, 0.05) is 38.5 Å². The van der Waals surface area contributed by atoms with Gasteiger partial charge in [-0.1, -0.05) is 17.8 Å². The zero-order valence-corrected chi connectivity index (χ0v) is 15.2. The normalized spacial score (nSPS) is 11.0. The minimum Gasteiger partial charge on any atom is -0.479 e. The molecule has 8 nitrogen and oxygen atoms in total. The number of aryl methyl sites for hydroxylation is 1. The molecular weight excluding hydrogens is 340 g/mol. The molecule has 132 valence electrons. The van der Waals surface area contributed by atoms with Crippen LogP contribution in [0.25, 0.3) is 11.4 Å². The summed E-state index contributed by atoms with van der Waals surface area (Å²) in [6, 6.07) is 3.97. The third-order valence-electron chi connectivity index (χ3n) is 3.56. The molecule has 0 aliphatic rings. The van der Waals surface area contributed by atoms with E-state index in [0.29, 0.717) is 19.0 Å². The van der Waals surface area contributed by atoms with Gasteiger partial charge in [-0.05, 0) is 11.6 Å². The first-order valence-electron chi connectivity index (χ1n) is 7.74. The second-order valence-corrected chi connectivity index (χ2v) is 6.27. The molecule has 0 amide bonds. The van der Waals surface area contributed by atoms with Gasteiger partial charge in [0.05, 0.1) is 20.3 Å². The van der Waals surface area contributed by atoms with Crippen LogP contribution in [0.5, 0.6) is 5.88 Å². The number of nitrogens with zero attached hydrogens (tertiary/aromatic N) is 6. The van der Waals surface area contributed by atoms with Gasteiger partial charge < -0.3 is 9.47 Å². The van der Waals surface area contributed by atoms with E-state index in [1.807, 2.05) is 36.1 Å². The van der Waals surface area contributed by atoms with Gasteiger partial charge >= 0.3 is 0 Å². The maximum Gasteiger partial charge on any atom is 0.243 e. The highest BCUT2D eigenvalue weighted by Crippen LogP contribution is 2.30. The van der Waals surface area contributed by atoms with Crippen molar-refractivity contribution >= 4 is 11.8 Å². The number of pyridine rings is 1. The molecule has 0 fully saturated rings. The molecule has 0 radical (unpaired) electrons. The van der Waals surface area contributed by atoms with Gasteiger partial charge in [-0.25, -0.2) is 0 Å². The summed E-state index contributed by atoms with van der Waals surface area (Å²) < 4.78 is 14.3. The highest BCUT2D eigenvalue weighted by atomic mass is 32.2. The Labute approximate surface area is 150 Å². The quantitative estimate of drug-likeness (QED) is 0.569. The van der Waals surface area contributed by atoms with Crippen molar-refractivity contribution in [3.63, 3.8) is 0 Å². The Balaban J connectivity index is 1.89. The summed E-state index contributed by atoms with van der Waals surface area (Å²) in [5, 5.41) is 13.8. The van der Waals surface area contributed by atoms with Gasteiger partial charge in [-0.15, -0.1) is 15.3 Å². The molecule has 0 spiro atoms. The van der Waals surface area contributed by atoms with Crippen molar-refractivity contribution in [3.05, 3.63) is 36.3 Å². The second-order valence-electron chi connectivity index (χ2n) is 5.33. The topological polar surface area (TPSA) is 79.9 Å². The van der Waals surface area contributed by atoms with E-state index in [0.717, 1.165) is 27.9 Å². The average Bonchev–Trinajstić information content (AvgIpc) is 3.21. The SMILES string of the molecule is COCCn1c(SCc2cccnc2)nnc1-c1cn(C)nc1OC. The Morgan fingerprint density at radius 1 is 1.24 bits per heavy atom. The minimum absolute atomic E-state index is 0.525. The van der Waals surface area contributed by atoms with E-state index in [2.05, 4.69) is 20.3 Å². The molecule has 3 rings (SSSR count). The second kappa shape index (κ2) is 8.13. The van der Waals surface area contributed by atoms with E-state index in [9.17, 15) is 0 Å². The molecule has 0 saturated heterocycles. The van der Waals surface area contributed by atoms with Gasteiger partial charge in [0.15, 0.2) is 11.0 Å². The zero-order chi connectivity index (χ0) is 17.6. The fourth-order valence-corrected chi connectivity index (χ4v) is 3.28. The Kier molecular flexibility index (Phi) is 5.67. The third-order valence-corrected chi connectivity index (χ3v) is 4.59. The van der Waals surface area contributed by atoms with E-state index in [-0.39, 0.29) is 0 Å². The molecule has 0 aromatic carbocycles. The molecule has 0 saturated carbocycles. The fourth-order valence-electron chi connectivity index (χ4n) is 2.38. The highest BCUT2D eigenvalue weighted by molar-refractivity contribution is 7.98. The van der Waals surface area contributed by atoms with Gasteiger partial charge in [0.25, 0.3) is 0 Å². The maximum atomic E-state index is 5.36. The van der Waals surface area contributed by atoms with E-state index >= 15 is 0 Å². The molecule has 0 bridgehead atoms. The summed E-state index contributed by atoms with van der Waals surface area (Å²) in [5.74, 6) is 2.01. The van der Waals surface area contributed by atoms with Gasteiger partial charge in [0.1, 0.15) is 5.56 Å². The predicted molar refractivity (Wildman–Crippen MR) is 94.5 cm³/mol. The molecule has 0 N–H and O–H groups in total. The van der Waals surface area contributed by atoms with Crippen LogP contribution in [0, 0.1) is 0 Å². The molecule has 3 aromatic rings. The van der Waals surface area contributed by atoms with Crippen molar-refractivity contribution < 1.29 is 9.47 Å². The first-order valence-corrected chi connectivity index (χ1v) is 8.73. The van der Waals surface area contributed by atoms with Crippen LogP contribution in [0.4, 0.5) is 0 Å². The lowest BCUT2D eigenvalue weighted by molar-refractivity contribution is 0.185. The predicted octanol–water partition coefficient (Wildman–Crippen LogP) is 2.02. The number of thioether (sulfide) groups is 1. The standard InChI is InChI=1S/C16H20N6O2S/c1-21-10-13(15(20-21)24-3)14-18-19-16(22(14)7-8-23-2)25-11-12-5-4-6-17-9-12/h4-6,9-10H,7-8,11H2,1-3H3. The minimum atomic E-state index is 0.525. The Morgan fingerprint density at radius 2 is 2.12 bits per heavy atom. The lowest BCUT2D eigenvalue weighted by atomic mass is 10.3. The summed E-state index contributed by atoms with van der Waals surface area (Å²) in [6.07, 6.45) is 5.50. The van der Waals surface area contributed by atoms with Crippen LogP contribution >= 0.6 is 11.8 Å². The number of ether oxygens (including phenoxy) is 2. The largest absolute Gasteiger partial charge is 0.479 e. The molecule has 0 unspecified atom stereocenters. The van der Waals surface area contributed by atoms with Gasteiger partial charge in [-0.2, -0.15) is 0 Å². The first-order chi connectivity index (χ1) is 12.2. The van der Waals surface area contributed by atoms with E-state index in [1.165, 1.54) is 0 Å². The Bertz CT molecular complexity index is 817. The van der Waals surface area contributed by atoms with Crippen molar-refractivity contribution in [2.75, 3.05) is 20.8 Å². The van der Waals surface area contributed by atoms with Crippen LogP contribution in [0.1, 0.15) is 5.56 Å². The number of rotatable bonds is 8. The number of hydrogen-bond acceptors (Lipinski definition) is 7. The highest BCUT2D eigenvalue weighted by Gasteiger charge is 2.20. The number of aromatic nitrogens is 6. The fraction of sp³-hybridized carbons (Fsp3) is 0.375. The van der Waals surface area contributed by atoms with Crippen LogP contribution in [0.3, 0.4) is 0 Å². The summed E-state index contributed by atoms with van der Waals surface area (Å²) in [5.41, 5.74) is 1.94. The smallest absolute Gasteiger partial charge is 0.243 e. The van der Waals surface area contributed by atoms with Crippen LogP contribution in [0.15, 0.2) is 35.9 Å². The monoisotopic (exact) mass is 360 g/mol. The summed E-state index contributed by atoms with van der Waals surface area (Å²) >= 11 is 1.61.